The average Bonchev–Trinajstić information content (AvgIpc) is 2.01. The van der Waals surface area contributed by atoms with Crippen molar-refractivity contribution in [2.75, 3.05) is 0 Å². The van der Waals surface area contributed by atoms with E-state index in [-0.39, 0.29) is 0 Å². The summed E-state index contributed by atoms with van der Waals surface area (Å²) in [7, 11) is 0. The van der Waals surface area contributed by atoms with Gasteiger partial charge in [0.25, 0.3) is 0 Å². The molecule has 0 saturated heterocycles. The minimum absolute atomic E-state index is 0.547. The Morgan fingerprint density at radius 1 is 1.29 bits per heavy atom. The fourth-order valence-corrected chi connectivity index (χ4v) is 1.22. The number of carbonyl (C=O) groups excluding carboxylic acids is 1. The van der Waals surface area contributed by atoms with Gasteiger partial charge >= 0.3 is 0 Å². The van der Waals surface area contributed by atoms with Gasteiger partial charge in [0, 0.05) is 6.08 Å². The van der Waals surface area contributed by atoms with E-state index in [9.17, 15) is 4.79 Å². The van der Waals surface area contributed by atoms with Crippen LogP contribution in [0.3, 0.4) is 0 Å². The number of benzene rings is 1. The zero-order valence-electron chi connectivity index (χ0n) is 8.08. The van der Waals surface area contributed by atoms with Crippen LogP contribution >= 0.6 is 11.6 Å². The molecule has 3 heteroatoms. The third-order valence-electron chi connectivity index (χ3n) is 1.60. The molecule has 0 radical (unpaired) electrons. The van der Waals surface area contributed by atoms with Crippen molar-refractivity contribution in [3.8, 4) is 5.75 Å². The molecular weight excluding hydrogens is 200 g/mol. The summed E-state index contributed by atoms with van der Waals surface area (Å²) in [5.74, 6) is 0.705. The van der Waals surface area contributed by atoms with E-state index in [1.165, 1.54) is 12.3 Å². The Hall–Kier alpha value is -1.28. The van der Waals surface area contributed by atoms with Crippen molar-refractivity contribution < 1.29 is 9.53 Å². The zero-order chi connectivity index (χ0) is 10.6. The molecule has 0 aliphatic rings. The van der Waals surface area contributed by atoms with Crippen molar-refractivity contribution >= 4 is 16.8 Å². The van der Waals surface area contributed by atoms with Crippen molar-refractivity contribution in [2.45, 2.75) is 13.8 Å². The molecule has 0 spiro atoms. The average molecular weight is 211 g/mol. The van der Waals surface area contributed by atoms with Crippen molar-refractivity contribution in [3.05, 3.63) is 41.7 Å². The minimum Gasteiger partial charge on any atom is -0.465 e. The fraction of sp³-hybridized carbons (Fsp3) is 0.182. The highest BCUT2D eigenvalue weighted by Crippen LogP contribution is 2.16. The SMILES string of the molecule is Cc1cc(C)cc(O/C=C/C(=O)Cl)c1. The zero-order valence-corrected chi connectivity index (χ0v) is 8.84. The van der Waals surface area contributed by atoms with E-state index in [4.69, 9.17) is 16.3 Å². The van der Waals surface area contributed by atoms with Gasteiger partial charge in [-0.05, 0) is 48.7 Å². The van der Waals surface area contributed by atoms with Crippen LogP contribution in [0.2, 0.25) is 0 Å². The van der Waals surface area contributed by atoms with Gasteiger partial charge in [-0.25, -0.2) is 0 Å². The van der Waals surface area contributed by atoms with Crippen LogP contribution in [-0.2, 0) is 4.79 Å². The highest BCUT2D eigenvalue weighted by Gasteiger charge is 1.94. The first kappa shape index (κ1) is 10.8. The lowest BCUT2D eigenvalue weighted by Gasteiger charge is -2.02. The third kappa shape index (κ3) is 3.62. The van der Waals surface area contributed by atoms with Crippen molar-refractivity contribution in [1.29, 1.82) is 0 Å². The van der Waals surface area contributed by atoms with Crippen molar-refractivity contribution in [2.24, 2.45) is 0 Å². The largest absolute Gasteiger partial charge is 0.465 e. The van der Waals surface area contributed by atoms with Crippen LogP contribution in [0.5, 0.6) is 5.75 Å². The monoisotopic (exact) mass is 210 g/mol. The summed E-state index contributed by atoms with van der Waals surface area (Å²) in [5.41, 5.74) is 2.23. The number of carbonyl (C=O) groups is 1. The Kier molecular flexibility index (Phi) is 3.72. The maximum atomic E-state index is 10.4. The summed E-state index contributed by atoms with van der Waals surface area (Å²) < 4.78 is 5.19. The molecule has 0 unspecified atom stereocenters. The van der Waals surface area contributed by atoms with Crippen LogP contribution in [0.1, 0.15) is 11.1 Å². The molecule has 0 amide bonds. The smallest absolute Gasteiger partial charge is 0.248 e. The molecule has 2 nitrogen and oxygen atoms in total. The molecule has 0 saturated carbocycles. The molecule has 14 heavy (non-hydrogen) atoms. The third-order valence-corrected chi connectivity index (χ3v) is 1.72. The highest BCUT2D eigenvalue weighted by atomic mass is 35.5. The Morgan fingerprint density at radius 2 is 1.86 bits per heavy atom. The van der Waals surface area contributed by atoms with Crippen LogP contribution in [0.4, 0.5) is 0 Å². The molecule has 0 N–H and O–H groups in total. The highest BCUT2D eigenvalue weighted by molar-refractivity contribution is 6.66. The Balaban J connectivity index is 2.72. The lowest BCUT2D eigenvalue weighted by atomic mass is 10.1. The first-order valence-corrected chi connectivity index (χ1v) is 4.56. The van der Waals surface area contributed by atoms with Gasteiger partial charge in [-0.1, -0.05) is 6.07 Å². The normalized spacial score (nSPS) is 10.5. The molecule has 0 heterocycles. The molecule has 1 aromatic rings. The number of rotatable bonds is 3. The van der Waals surface area contributed by atoms with Gasteiger partial charge in [-0.2, -0.15) is 0 Å². The maximum absolute atomic E-state index is 10.4. The first-order chi connectivity index (χ1) is 6.58. The van der Waals surface area contributed by atoms with E-state index < -0.39 is 5.24 Å². The van der Waals surface area contributed by atoms with E-state index in [1.54, 1.807) is 0 Å². The lowest BCUT2D eigenvalue weighted by molar-refractivity contribution is -0.107. The van der Waals surface area contributed by atoms with E-state index >= 15 is 0 Å². The second-order valence-electron chi connectivity index (χ2n) is 3.05. The second-order valence-corrected chi connectivity index (χ2v) is 3.42. The number of halogens is 1. The maximum Gasteiger partial charge on any atom is 0.248 e. The van der Waals surface area contributed by atoms with Crippen LogP contribution in [-0.4, -0.2) is 5.24 Å². The summed E-state index contributed by atoms with van der Waals surface area (Å²) in [4.78, 5) is 10.4. The summed E-state index contributed by atoms with van der Waals surface area (Å²) in [6, 6.07) is 5.81. The molecule has 1 aromatic carbocycles. The molecule has 0 aliphatic carbocycles. The first-order valence-electron chi connectivity index (χ1n) is 4.19. The van der Waals surface area contributed by atoms with Gasteiger partial charge < -0.3 is 4.74 Å². The van der Waals surface area contributed by atoms with E-state index in [1.807, 2.05) is 32.0 Å². The standard InChI is InChI=1S/C11H11ClO2/c1-8-5-9(2)7-10(6-8)14-4-3-11(12)13/h3-7H,1-2H3/b4-3+. The molecule has 74 valence electrons. The van der Waals surface area contributed by atoms with Gasteiger partial charge in [-0.15, -0.1) is 0 Å². The number of aryl methyl sites for hydroxylation is 2. The van der Waals surface area contributed by atoms with Gasteiger partial charge in [0.05, 0.1) is 6.26 Å². The van der Waals surface area contributed by atoms with E-state index in [0.717, 1.165) is 11.1 Å². The molecular formula is C11H11ClO2. The molecule has 0 fully saturated rings. The Labute approximate surface area is 88.1 Å². The molecule has 0 bridgehead atoms. The predicted molar refractivity (Wildman–Crippen MR) is 56.5 cm³/mol. The quantitative estimate of drug-likeness (QED) is 0.436. The van der Waals surface area contributed by atoms with Gasteiger partial charge in [0.1, 0.15) is 5.75 Å². The number of hydrogen-bond donors (Lipinski definition) is 0. The van der Waals surface area contributed by atoms with E-state index in [2.05, 4.69) is 0 Å². The van der Waals surface area contributed by atoms with Crippen LogP contribution in [0, 0.1) is 13.8 Å². The number of allylic oxidation sites excluding steroid dienone is 1. The summed E-state index contributed by atoms with van der Waals surface area (Å²) in [5, 5.41) is -0.547. The Bertz CT molecular complexity index is 349. The molecule has 0 aliphatic heterocycles. The summed E-state index contributed by atoms with van der Waals surface area (Å²) in [6.45, 7) is 3.96. The van der Waals surface area contributed by atoms with Crippen molar-refractivity contribution in [1.82, 2.24) is 0 Å². The van der Waals surface area contributed by atoms with Gasteiger partial charge in [0.2, 0.25) is 5.24 Å². The molecule has 1 rings (SSSR count). The Morgan fingerprint density at radius 3 is 2.36 bits per heavy atom. The molecule has 0 atom stereocenters. The summed E-state index contributed by atoms with van der Waals surface area (Å²) >= 11 is 5.10. The topological polar surface area (TPSA) is 26.3 Å². The van der Waals surface area contributed by atoms with Crippen LogP contribution in [0.15, 0.2) is 30.5 Å². The number of ether oxygens (including phenoxy) is 1. The predicted octanol–water partition coefficient (Wildman–Crippen LogP) is 2.96. The van der Waals surface area contributed by atoms with Gasteiger partial charge in [-0.3, -0.25) is 4.79 Å². The molecule has 0 aromatic heterocycles. The fourth-order valence-electron chi connectivity index (χ4n) is 1.17. The van der Waals surface area contributed by atoms with E-state index in [0.29, 0.717) is 5.75 Å². The van der Waals surface area contributed by atoms with Crippen LogP contribution < -0.4 is 4.74 Å². The van der Waals surface area contributed by atoms with Crippen molar-refractivity contribution in [3.63, 3.8) is 0 Å². The lowest BCUT2D eigenvalue weighted by Crippen LogP contribution is -1.86. The minimum atomic E-state index is -0.547. The van der Waals surface area contributed by atoms with Crippen LogP contribution in [0.25, 0.3) is 0 Å². The summed E-state index contributed by atoms with van der Waals surface area (Å²) in [6.07, 6.45) is 2.45. The van der Waals surface area contributed by atoms with Gasteiger partial charge in [0.15, 0.2) is 0 Å². The second kappa shape index (κ2) is 4.82. The number of hydrogen-bond acceptors (Lipinski definition) is 2.